The molecule has 0 fully saturated rings. The molecule has 0 saturated carbocycles. The second kappa shape index (κ2) is 12.7. The fraction of sp³-hybridized carbons (Fsp3) is 0.233. The summed E-state index contributed by atoms with van der Waals surface area (Å²) in [6, 6.07) is 16.0. The Morgan fingerprint density at radius 2 is 1.78 bits per heavy atom. The topological polar surface area (TPSA) is 102 Å². The van der Waals surface area contributed by atoms with Crippen molar-refractivity contribution in [2.45, 2.75) is 38.9 Å². The molecule has 0 bridgehead atoms. The lowest BCUT2D eigenvalue weighted by Gasteiger charge is -2.14. The number of carboxylic acid groups (broad SMARTS) is 1. The predicted octanol–water partition coefficient (Wildman–Crippen LogP) is 6.38. The fourth-order valence-corrected chi connectivity index (χ4v) is 4.14. The monoisotopic (exact) mass is 570 g/mol. The number of nitrogens with one attached hydrogen (secondary N) is 1. The highest BCUT2D eigenvalue weighted by Crippen LogP contribution is 2.30. The van der Waals surface area contributed by atoms with Crippen molar-refractivity contribution in [3.05, 3.63) is 106 Å². The molecule has 4 aromatic rings. The molecule has 0 spiro atoms. The van der Waals surface area contributed by atoms with E-state index < -0.39 is 29.4 Å². The Bertz CT molecular complexity index is 1530. The van der Waals surface area contributed by atoms with Gasteiger partial charge < -0.3 is 19.6 Å². The molecule has 0 aliphatic heterocycles. The number of hydrogen-bond donors (Lipinski definition) is 2. The molecule has 0 saturated heterocycles. The lowest BCUT2D eigenvalue weighted by molar-refractivity contribution is -0.138. The Balaban J connectivity index is 1.46. The predicted molar refractivity (Wildman–Crippen MR) is 141 cm³/mol. The average Bonchev–Trinajstić information content (AvgIpc) is 3.30. The van der Waals surface area contributed by atoms with Gasteiger partial charge in [0.25, 0.3) is 5.91 Å². The number of aryl methyl sites for hydroxylation is 2. The number of hydrogen-bond acceptors (Lipinski definition) is 5. The first-order valence-corrected chi connectivity index (χ1v) is 12.6. The van der Waals surface area contributed by atoms with Crippen LogP contribution in [0.2, 0.25) is 0 Å². The minimum absolute atomic E-state index is 0.0386. The van der Waals surface area contributed by atoms with Gasteiger partial charge in [-0.05, 0) is 66.9 Å². The normalized spacial score (nSPS) is 11.3. The Morgan fingerprint density at radius 1 is 1.02 bits per heavy atom. The number of carbonyl (C=O) groups is 2. The highest BCUT2D eigenvalue weighted by molar-refractivity contribution is 5.96. The van der Waals surface area contributed by atoms with Gasteiger partial charge in [0.15, 0.2) is 0 Å². The zero-order valence-electron chi connectivity index (χ0n) is 21.9. The molecule has 41 heavy (non-hydrogen) atoms. The number of aromatic nitrogens is 1. The molecule has 0 atom stereocenters. The molecule has 0 aliphatic rings. The van der Waals surface area contributed by atoms with Gasteiger partial charge in [0, 0.05) is 30.5 Å². The number of ether oxygens (including phenoxy) is 1. The Morgan fingerprint density at radius 3 is 2.49 bits per heavy atom. The van der Waals surface area contributed by atoms with Gasteiger partial charge >= 0.3 is 12.1 Å². The summed E-state index contributed by atoms with van der Waals surface area (Å²) in [6.45, 7) is 1.61. The van der Waals surface area contributed by atoms with Gasteiger partial charge in [0.05, 0.1) is 17.9 Å². The van der Waals surface area contributed by atoms with Crippen LogP contribution in [0.5, 0.6) is 5.75 Å². The maximum Gasteiger partial charge on any atom is 0.416 e. The van der Waals surface area contributed by atoms with Gasteiger partial charge in [-0.1, -0.05) is 24.3 Å². The van der Waals surface area contributed by atoms with Crippen LogP contribution in [0, 0.1) is 12.7 Å². The van der Waals surface area contributed by atoms with Crippen LogP contribution in [-0.4, -0.2) is 28.6 Å². The highest BCUT2D eigenvalue weighted by Gasteiger charge is 2.31. The standard InChI is InChI=1S/C30H26F4N2O5/c1-18-26(36-29(41-18)21-5-3-2-4-6-21)11-12-40-24-9-7-20(8-10-27(37)38)25(16-24)28(39)35-17-19-13-22(30(32,33)34)15-23(31)14-19/h2-7,9,13-16H,8,10-12,17H2,1H3,(H,35,39)(H,37,38). The summed E-state index contributed by atoms with van der Waals surface area (Å²) in [4.78, 5) is 28.7. The van der Waals surface area contributed by atoms with Crippen molar-refractivity contribution < 1.29 is 41.4 Å². The third kappa shape index (κ3) is 7.93. The molecule has 0 unspecified atom stereocenters. The lowest BCUT2D eigenvalue weighted by Crippen LogP contribution is -2.24. The van der Waals surface area contributed by atoms with Crippen LogP contribution in [0.15, 0.2) is 71.1 Å². The second-order valence-electron chi connectivity index (χ2n) is 9.23. The number of oxazole rings is 1. The molecule has 3 aromatic carbocycles. The number of amides is 1. The molecule has 1 amide bonds. The average molecular weight is 571 g/mol. The van der Waals surface area contributed by atoms with Crippen molar-refractivity contribution >= 4 is 11.9 Å². The summed E-state index contributed by atoms with van der Waals surface area (Å²) in [5.41, 5.74) is 0.796. The molecule has 4 rings (SSSR count). The summed E-state index contributed by atoms with van der Waals surface area (Å²) < 4.78 is 64.5. The number of carboxylic acids is 1. The van der Waals surface area contributed by atoms with Crippen LogP contribution >= 0.6 is 0 Å². The smallest absolute Gasteiger partial charge is 0.416 e. The van der Waals surface area contributed by atoms with Gasteiger partial charge in [0.2, 0.25) is 5.89 Å². The Labute approximate surface area is 232 Å². The van der Waals surface area contributed by atoms with Gasteiger partial charge in [-0.25, -0.2) is 9.37 Å². The number of halogens is 4. The Kier molecular flexibility index (Phi) is 9.06. The fourth-order valence-electron chi connectivity index (χ4n) is 4.14. The van der Waals surface area contributed by atoms with Gasteiger partial charge in [0.1, 0.15) is 17.3 Å². The molecular formula is C30H26F4N2O5. The number of alkyl halides is 3. The van der Waals surface area contributed by atoms with E-state index in [0.717, 1.165) is 17.7 Å². The molecule has 7 nitrogen and oxygen atoms in total. The SMILES string of the molecule is Cc1oc(-c2ccccc2)nc1CCOc1ccc(CCC(=O)O)c(C(=O)NCc2cc(F)cc(C(F)(F)F)c2)c1. The summed E-state index contributed by atoms with van der Waals surface area (Å²) in [5, 5.41) is 11.6. The van der Waals surface area contributed by atoms with E-state index in [9.17, 15) is 27.2 Å². The molecule has 1 aromatic heterocycles. The first kappa shape index (κ1) is 29.3. The van der Waals surface area contributed by atoms with E-state index in [-0.39, 0.29) is 37.1 Å². The number of aliphatic carboxylic acids is 1. The molecule has 2 N–H and O–H groups in total. The van der Waals surface area contributed by atoms with E-state index in [0.29, 0.717) is 41.1 Å². The van der Waals surface area contributed by atoms with Gasteiger partial charge in [-0.2, -0.15) is 13.2 Å². The van der Waals surface area contributed by atoms with Crippen LogP contribution in [0.1, 0.15) is 44.9 Å². The van der Waals surface area contributed by atoms with Crippen LogP contribution in [-0.2, 0) is 30.4 Å². The lowest BCUT2D eigenvalue weighted by atomic mass is 10.0. The molecule has 11 heteroatoms. The summed E-state index contributed by atoms with van der Waals surface area (Å²) in [6.07, 6.45) is -4.54. The van der Waals surface area contributed by atoms with Crippen LogP contribution in [0.25, 0.3) is 11.5 Å². The van der Waals surface area contributed by atoms with Crippen LogP contribution in [0.4, 0.5) is 17.6 Å². The maximum absolute atomic E-state index is 13.8. The third-order valence-electron chi connectivity index (χ3n) is 6.19. The Hall–Kier alpha value is -4.67. The van der Waals surface area contributed by atoms with E-state index in [2.05, 4.69) is 10.3 Å². The van der Waals surface area contributed by atoms with Gasteiger partial charge in [-0.15, -0.1) is 0 Å². The molecule has 1 heterocycles. The van der Waals surface area contributed by atoms with Crippen molar-refractivity contribution in [1.82, 2.24) is 10.3 Å². The number of benzene rings is 3. The quantitative estimate of drug-likeness (QED) is 0.203. The minimum Gasteiger partial charge on any atom is -0.493 e. The number of carbonyl (C=O) groups excluding carboxylic acids is 1. The van der Waals surface area contributed by atoms with Crippen molar-refractivity contribution in [2.24, 2.45) is 0 Å². The van der Waals surface area contributed by atoms with Gasteiger partial charge in [-0.3, -0.25) is 9.59 Å². The van der Waals surface area contributed by atoms with E-state index in [1.54, 1.807) is 19.1 Å². The van der Waals surface area contributed by atoms with Crippen molar-refractivity contribution in [3.63, 3.8) is 0 Å². The van der Waals surface area contributed by atoms with Crippen molar-refractivity contribution in [3.8, 4) is 17.2 Å². The molecular weight excluding hydrogens is 544 g/mol. The molecule has 214 valence electrons. The summed E-state index contributed by atoms with van der Waals surface area (Å²) in [7, 11) is 0. The third-order valence-corrected chi connectivity index (χ3v) is 6.19. The molecule has 0 radical (unpaired) electrons. The van der Waals surface area contributed by atoms with Crippen LogP contribution < -0.4 is 10.1 Å². The minimum atomic E-state index is -4.75. The largest absolute Gasteiger partial charge is 0.493 e. The van der Waals surface area contributed by atoms with Crippen molar-refractivity contribution in [2.75, 3.05) is 6.61 Å². The first-order valence-electron chi connectivity index (χ1n) is 12.6. The number of rotatable bonds is 11. The van der Waals surface area contributed by atoms with E-state index in [1.807, 2.05) is 30.3 Å². The van der Waals surface area contributed by atoms with E-state index in [1.165, 1.54) is 6.07 Å². The maximum atomic E-state index is 13.8. The van der Waals surface area contributed by atoms with E-state index in [4.69, 9.17) is 14.3 Å². The van der Waals surface area contributed by atoms with Crippen LogP contribution in [0.3, 0.4) is 0 Å². The molecule has 0 aliphatic carbocycles. The second-order valence-corrected chi connectivity index (χ2v) is 9.23. The summed E-state index contributed by atoms with van der Waals surface area (Å²) >= 11 is 0. The van der Waals surface area contributed by atoms with Crippen molar-refractivity contribution in [1.29, 1.82) is 0 Å². The number of nitrogens with zero attached hydrogens (tertiary/aromatic N) is 1. The highest BCUT2D eigenvalue weighted by atomic mass is 19.4. The van der Waals surface area contributed by atoms with E-state index >= 15 is 0 Å². The first-order chi connectivity index (χ1) is 19.5. The zero-order chi connectivity index (χ0) is 29.6. The zero-order valence-corrected chi connectivity index (χ0v) is 21.9. The summed E-state index contributed by atoms with van der Waals surface area (Å²) in [5.74, 6) is -1.37.